The Morgan fingerprint density at radius 3 is 2.55 bits per heavy atom. The number of rotatable bonds is 7. The van der Waals surface area contributed by atoms with Crippen LogP contribution in [0.15, 0.2) is 48.5 Å². The van der Waals surface area contributed by atoms with Crippen LogP contribution in [-0.4, -0.2) is 18.7 Å². The van der Waals surface area contributed by atoms with Gasteiger partial charge >= 0.3 is 0 Å². The van der Waals surface area contributed by atoms with Gasteiger partial charge in [-0.05, 0) is 36.2 Å². The molecule has 0 aliphatic heterocycles. The smallest absolute Gasteiger partial charge is 0.251 e. The molecule has 2 aromatic rings. The van der Waals surface area contributed by atoms with Crippen LogP contribution in [0.4, 0.5) is 0 Å². The number of carbonyl (C=O) groups excluding carboxylic acids is 2. The van der Waals surface area contributed by atoms with Crippen LogP contribution in [0.3, 0.4) is 0 Å². The van der Waals surface area contributed by atoms with Crippen molar-refractivity contribution in [1.82, 2.24) is 5.32 Å². The number of ether oxygens (including phenoxy) is 1. The summed E-state index contributed by atoms with van der Waals surface area (Å²) < 4.78 is 5.65. The predicted octanol–water partition coefficient (Wildman–Crippen LogP) is 3.22. The SMILES string of the molecule is CCCNC(=O)c1ccc(COc2ccccc2C=O)cc1. The number of benzene rings is 2. The van der Waals surface area contributed by atoms with Gasteiger partial charge in [0.2, 0.25) is 0 Å². The summed E-state index contributed by atoms with van der Waals surface area (Å²) in [6, 6.07) is 14.3. The Morgan fingerprint density at radius 2 is 1.86 bits per heavy atom. The summed E-state index contributed by atoms with van der Waals surface area (Å²) >= 11 is 0. The minimum Gasteiger partial charge on any atom is -0.488 e. The highest BCUT2D eigenvalue weighted by molar-refractivity contribution is 5.94. The van der Waals surface area contributed by atoms with Crippen molar-refractivity contribution in [2.75, 3.05) is 6.54 Å². The van der Waals surface area contributed by atoms with Crippen LogP contribution >= 0.6 is 0 Å². The van der Waals surface area contributed by atoms with Crippen LogP contribution in [0.25, 0.3) is 0 Å². The molecule has 4 nitrogen and oxygen atoms in total. The van der Waals surface area contributed by atoms with Crippen molar-refractivity contribution in [3.8, 4) is 5.75 Å². The molecule has 22 heavy (non-hydrogen) atoms. The van der Waals surface area contributed by atoms with E-state index in [4.69, 9.17) is 4.74 Å². The van der Waals surface area contributed by atoms with Gasteiger partial charge in [0, 0.05) is 12.1 Å². The summed E-state index contributed by atoms with van der Waals surface area (Å²) in [6.45, 7) is 3.03. The average Bonchev–Trinajstić information content (AvgIpc) is 2.58. The van der Waals surface area contributed by atoms with Gasteiger partial charge in [0.1, 0.15) is 12.4 Å². The maximum Gasteiger partial charge on any atom is 0.251 e. The van der Waals surface area contributed by atoms with Crippen LogP contribution in [0.1, 0.15) is 39.6 Å². The third kappa shape index (κ3) is 4.19. The van der Waals surface area contributed by atoms with Crippen molar-refractivity contribution < 1.29 is 14.3 Å². The molecule has 0 spiro atoms. The molecular formula is C18H19NO3. The first-order chi connectivity index (χ1) is 10.7. The van der Waals surface area contributed by atoms with E-state index in [1.54, 1.807) is 30.3 Å². The Labute approximate surface area is 130 Å². The number of hydrogen-bond donors (Lipinski definition) is 1. The molecule has 0 aliphatic rings. The summed E-state index contributed by atoms with van der Waals surface area (Å²) in [5.74, 6) is 0.489. The maximum absolute atomic E-state index is 11.8. The van der Waals surface area contributed by atoms with Crippen LogP contribution < -0.4 is 10.1 Å². The molecule has 0 aliphatic carbocycles. The van der Waals surface area contributed by atoms with E-state index in [0.717, 1.165) is 18.3 Å². The van der Waals surface area contributed by atoms with E-state index in [1.165, 1.54) is 0 Å². The van der Waals surface area contributed by atoms with Gasteiger partial charge in [-0.2, -0.15) is 0 Å². The van der Waals surface area contributed by atoms with Crippen molar-refractivity contribution in [2.24, 2.45) is 0 Å². The summed E-state index contributed by atoms with van der Waals surface area (Å²) in [7, 11) is 0. The topological polar surface area (TPSA) is 55.4 Å². The Hall–Kier alpha value is -2.62. The Balaban J connectivity index is 1.97. The number of carbonyl (C=O) groups is 2. The molecule has 0 unspecified atom stereocenters. The molecule has 0 radical (unpaired) electrons. The van der Waals surface area contributed by atoms with Gasteiger partial charge in [0.25, 0.3) is 5.91 Å². The molecule has 0 heterocycles. The zero-order chi connectivity index (χ0) is 15.8. The number of amides is 1. The fraction of sp³-hybridized carbons (Fsp3) is 0.222. The lowest BCUT2D eigenvalue weighted by molar-refractivity contribution is 0.0953. The molecular weight excluding hydrogens is 278 g/mol. The molecule has 0 bridgehead atoms. The average molecular weight is 297 g/mol. The zero-order valence-electron chi connectivity index (χ0n) is 12.5. The first-order valence-corrected chi connectivity index (χ1v) is 7.28. The van der Waals surface area contributed by atoms with Crippen LogP contribution in [0.2, 0.25) is 0 Å². The summed E-state index contributed by atoms with van der Waals surface area (Å²) in [6.07, 6.45) is 1.68. The number of hydrogen-bond acceptors (Lipinski definition) is 3. The molecule has 0 atom stereocenters. The van der Waals surface area contributed by atoms with Crippen LogP contribution in [0.5, 0.6) is 5.75 Å². The highest BCUT2D eigenvalue weighted by Gasteiger charge is 2.05. The number of para-hydroxylation sites is 1. The normalized spacial score (nSPS) is 10.0. The monoisotopic (exact) mass is 297 g/mol. The van der Waals surface area contributed by atoms with Gasteiger partial charge in [-0.3, -0.25) is 9.59 Å². The van der Waals surface area contributed by atoms with E-state index >= 15 is 0 Å². The van der Waals surface area contributed by atoms with Gasteiger partial charge in [-0.25, -0.2) is 0 Å². The lowest BCUT2D eigenvalue weighted by atomic mass is 10.1. The maximum atomic E-state index is 11.8. The second kappa shape index (κ2) is 7.98. The molecule has 2 rings (SSSR count). The largest absolute Gasteiger partial charge is 0.488 e. The third-order valence-electron chi connectivity index (χ3n) is 3.19. The minimum atomic E-state index is -0.0689. The Kier molecular flexibility index (Phi) is 5.72. The first kappa shape index (κ1) is 15.8. The fourth-order valence-electron chi connectivity index (χ4n) is 1.96. The van der Waals surface area contributed by atoms with Crippen molar-refractivity contribution in [2.45, 2.75) is 20.0 Å². The second-order valence-electron chi connectivity index (χ2n) is 4.90. The van der Waals surface area contributed by atoms with E-state index in [-0.39, 0.29) is 5.91 Å². The van der Waals surface area contributed by atoms with E-state index in [0.29, 0.717) is 30.0 Å². The van der Waals surface area contributed by atoms with Gasteiger partial charge in [-0.15, -0.1) is 0 Å². The highest BCUT2D eigenvalue weighted by Crippen LogP contribution is 2.17. The first-order valence-electron chi connectivity index (χ1n) is 7.28. The summed E-state index contributed by atoms with van der Waals surface area (Å²) in [5, 5.41) is 2.83. The lowest BCUT2D eigenvalue weighted by Crippen LogP contribution is -2.23. The third-order valence-corrected chi connectivity index (χ3v) is 3.19. The van der Waals surface area contributed by atoms with Crippen LogP contribution in [0, 0.1) is 0 Å². The molecule has 1 N–H and O–H groups in total. The fourth-order valence-corrected chi connectivity index (χ4v) is 1.96. The van der Waals surface area contributed by atoms with Gasteiger partial charge < -0.3 is 10.1 Å². The quantitative estimate of drug-likeness (QED) is 0.798. The van der Waals surface area contributed by atoms with Crippen molar-refractivity contribution >= 4 is 12.2 Å². The Morgan fingerprint density at radius 1 is 1.14 bits per heavy atom. The molecule has 4 heteroatoms. The molecule has 0 aromatic heterocycles. The van der Waals surface area contributed by atoms with E-state index < -0.39 is 0 Å². The minimum absolute atomic E-state index is 0.0689. The molecule has 2 aromatic carbocycles. The molecule has 0 saturated heterocycles. The lowest BCUT2D eigenvalue weighted by Gasteiger charge is -2.09. The van der Waals surface area contributed by atoms with Crippen LogP contribution in [-0.2, 0) is 6.61 Å². The zero-order valence-corrected chi connectivity index (χ0v) is 12.5. The van der Waals surface area contributed by atoms with E-state index in [2.05, 4.69) is 5.32 Å². The highest BCUT2D eigenvalue weighted by atomic mass is 16.5. The number of nitrogens with one attached hydrogen (secondary N) is 1. The Bertz CT molecular complexity index is 635. The standard InChI is InChI=1S/C18H19NO3/c1-2-11-19-18(21)15-9-7-14(8-10-15)13-22-17-6-4-3-5-16(17)12-20/h3-10,12H,2,11,13H2,1H3,(H,19,21). The summed E-state index contributed by atoms with van der Waals surface area (Å²) in [4.78, 5) is 22.7. The molecule has 0 saturated carbocycles. The van der Waals surface area contributed by atoms with Crippen molar-refractivity contribution in [3.63, 3.8) is 0 Å². The van der Waals surface area contributed by atoms with Crippen molar-refractivity contribution in [3.05, 3.63) is 65.2 Å². The molecule has 114 valence electrons. The molecule has 0 fully saturated rings. The molecule has 1 amide bonds. The van der Waals surface area contributed by atoms with E-state index in [1.807, 2.05) is 25.1 Å². The van der Waals surface area contributed by atoms with Gasteiger partial charge in [0.15, 0.2) is 6.29 Å². The second-order valence-corrected chi connectivity index (χ2v) is 4.90. The van der Waals surface area contributed by atoms with Gasteiger partial charge in [0.05, 0.1) is 5.56 Å². The number of aldehydes is 1. The van der Waals surface area contributed by atoms with Gasteiger partial charge in [-0.1, -0.05) is 31.2 Å². The van der Waals surface area contributed by atoms with Crippen molar-refractivity contribution in [1.29, 1.82) is 0 Å². The summed E-state index contributed by atoms with van der Waals surface area (Å²) in [5.41, 5.74) is 2.09. The predicted molar refractivity (Wildman–Crippen MR) is 85.2 cm³/mol. The van der Waals surface area contributed by atoms with E-state index in [9.17, 15) is 9.59 Å².